The summed E-state index contributed by atoms with van der Waals surface area (Å²) in [5.41, 5.74) is 0.245. The minimum Gasteiger partial charge on any atom is -0.396 e. The minimum atomic E-state index is 0.245. The molecule has 0 aromatic carbocycles. The van der Waals surface area contributed by atoms with Crippen LogP contribution in [0.3, 0.4) is 0 Å². The van der Waals surface area contributed by atoms with E-state index in [-0.39, 0.29) is 12.0 Å². The van der Waals surface area contributed by atoms with E-state index in [1.54, 1.807) is 0 Å². The molecule has 1 fully saturated rings. The molecule has 0 aromatic heterocycles. The lowest BCUT2D eigenvalue weighted by molar-refractivity contribution is 0.0877. The Labute approximate surface area is 124 Å². The lowest BCUT2D eigenvalue weighted by atomic mass is 9.86. The third-order valence-electron chi connectivity index (χ3n) is 4.11. The second-order valence-corrected chi connectivity index (χ2v) is 6.97. The molecule has 0 spiro atoms. The first-order valence-corrected chi connectivity index (χ1v) is 8.12. The van der Waals surface area contributed by atoms with Gasteiger partial charge in [0, 0.05) is 44.3 Å². The molecule has 0 aliphatic carbocycles. The smallest absolute Gasteiger partial charge is 0.0547 e. The molecule has 0 bridgehead atoms. The number of ether oxygens (including phenoxy) is 1. The molecule has 20 heavy (non-hydrogen) atoms. The number of hydrogen-bond donors (Lipinski definition) is 2. The Hall–Kier alpha value is -0.160. The Morgan fingerprint density at radius 1 is 1.30 bits per heavy atom. The molecule has 4 heteroatoms. The second kappa shape index (κ2) is 8.98. The maximum Gasteiger partial charge on any atom is 0.0547 e. The summed E-state index contributed by atoms with van der Waals surface area (Å²) in [5.74, 6) is 0.685. The minimum absolute atomic E-state index is 0.245. The summed E-state index contributed by atoms with van der Waals surface area (Å²) in [6.45, 7) is 15.1. The third-order valence-corrected chi connectivity index (χ3v) is 4.11. The van der Waals surface area contributed by atoms with Crippen LogP contribution in [0.25, 0.3) is 0 Å². The van der Waals surface area contributed by atoms with Crippen LogP contribution in [-0.4, -0.2) is 62.0 Å². The van der Waals surface area contributed by atoms with Gasteiger partial charge in [-0.3, -0.25) is 0 Å². The molecule has 1 rings (SSSR count). The number of rotatable bonds is 10. The van der Waals surface area contributed by atoms with E-state index in [1.165, 1.54) is 0 Å². The van der Waals surface area contributed by atoms with Crippen LogP contribution in [0.1, 0.15) is 40.5 Å². The van der Waals surface area contributed by atoms with Crippen molar-refractivity contribution < 1.29 is 9.84 Å². The fourth-order valence-corrected chi connectivity index (χ4v) is 2.82. The van der Waals surface area contributed by atoms with Gasteiger partial charge < -0.3 is 20.1 Å². The summed E-state index contributed by atoms with van der Waals surface area (Å²) in [6, 6.07) is 0.518. The molecule has 1 aliphatic rings. The molecule has 0 saturated carbocycles. The number of aliphatic hydroxyl groups excluding tert-OH is 1. The first kappa shape index (κ1) is 17.9. The largest absolute Gasteiger partial charge is 0.396 e. The van der Waals surface area contributed by atoms with Crippen LogP contribution in [0.5, 0.6) is 0 Å². The van der Waals surface area contributed by atoms with Crippen molar-refractivity contribution in [1.82, 2.24) is 10.2 Å². The zero-order valence-electron chi connectivity index (χ0n) is 13.8. The quantitative estimate of drug-likeness (QED) is 0.642. The normalized spacial score (nSPS) is 23.4. The maximum atomic E-state index is 9.06. The highest BCUT2D eigenvalue weighted by atomic mass is 16.5. The molecule has 0 radical (unpaired) electrons. The van der Waals surface area contributed by atoms with Gasteiger partial charge >= 0.3 is 0 Å². The van der Waals surface area contributed by atoms with E-state index in [4.69, 9.17) is 9.84 Å². The lowest BCUT2D eigenvalue weighted by Gasteiger charge is -2.37. The van der Waals surface area contributed by atoms with Crippen molar-refractivity contribution in [2.45, 2.75) is 46.6 Å². The number of nitrogens with one attached hydrogen (secondary N) is 1. The molecule has 1 atom stereocenters. The van der Waals surface area contributed by atoms with Gasteiger partial charge in [0.2, 0.25) is 0 Å². The average molecular weight is 286 g/mol. The predicted octanol–water partition coefficient (Wildman–Crippen LogP) is 1.73. The SMILES string of the molecule is CC(C)CNCC1(CN(CCCO)C(C)C)CCOC1. The van der Waals surface area contributed by atoms with Gasteiger partial charge in [0.15, 0.2) is 0 Å². The van der Waals surface area contributed by atoms with Gasteiger partial charge in [-0.25, -0.2) is 0 Å². The van der Waals surface area contributed by atoms with Gasteiger partial charge in [-0.1, -0.05) is 13.8 Å². The maximum absolute atomic E-state index is 9.06. The highest BCUT2D eigenvalue weighted by Gasteiger charge is 2.36. The number of hydrogen-bond acceptors (Lipinski definition) is 4. The molecule has 2 N–H and O–H groups in total. The molecular weight excluding hydrogens is 252 g/mol. The van der Waals surface area contributed by atoms with Crippen molar-refractivity contribution in [3.05, 3.63) is 0 Å². The monoisotopic (exact) mass is 286 g/mol. The van der Waals surface area contributed by atoms with E-state index in [1.807, 2.05) is 0 Å². The first-order chi connectivity index (χ1) is 9.49. The van der Waals surface area contributed by atoms with Crippen molar-refractivity contribution in [3.63, 3.8) is 0 Å². The van der Waals surface area contributed by atoms with Gasteiger partial charge in [-0.2, -0.15) is 0 Å². The highest BCUT2D eigenvalue weighted by molar-refractivity contribution is 4.89. The van der Waals surface area contributed by atoms with Crippen molar-refractivity contribution in [1.29, 1.82) is 0 Å². The zero-order chi connectivity index (χ0) is 15.0. The molecule has 1 aliphatic heterocycles. The summed E-state index contributed by atoms with van der Waals surface area (Å²) >= 11 is 0. The standard InChI is InChI=1S/C16H34N2O2/c1-14(2)10-17-11-16(6-9-20-13-16)12-18(15(3)4)7-5-8-19/h14-15,17,19H,5-13H2,1-4H3. The Morgan fingerprint density at radius 2 is 2.05 bits per heavy atom. The molecule has 1 saturated heterocycles. The summed E-state index contributed by atoms with van der Waals surface area (Å²) in [6.07, 6.45) is 2.00. The van der Waals surface area contributed by atoms with Gasteiger partial charge in [0.05, 0.1) is 6.61 Å². The van der Waals surface area contributed by atoms with Crippen LogP contribution in [0, 0.1) is 11.3 Å². The Balaban J connectivity index is 2.54. The molecule has 0 amide bonds. The summed E-state index contributed by atoms with van der Waals surface area (Å²) in [5, 5.41) is 12.7. The summed E-state index contributed by atoms with van der Waals surface area (Å²) < 4.78 is 5.69. The topological polar surface area (TPSA) is 44.7 Å². The molecule has 0 aromatic rings. The van der Waals surface area contributed by atoms with Crippen LogP contribution in [0.2, 0.25) is 0 Å². The van der Waals surface area contributed by atoms with E-state index in [0.29, 0.717) is 12.0 Å². The fourth-order valence-electron chi connectivity index (χ4n) is 2.82. The van der Waals surface area contributed by atoms with Crippen molar-refractivity contribution in [2.75, 3.05) is 46.0 Å². The fraction of sp³-hybridized carbons (Fsp3) is 1.00. The molecular formula is C16H34N2O2. The number of aliphatic hydroxyl groups is 1. The van der Waals surface area contributed by atoms with Crippen molar-refractivity contribution >= 4 is 0 Å². The number of nitrogens with zero attached hydrogens (tertiary/aromatic N) is 1. The Morgan fingerprint density at radius 3 is 2.55 bits per heavy atom. The van der Waals surface area contributed by atoms with E-state index < -0.39 is 0 Å². The van der Waals surface area contributed by atoms with E-state index in [0.717, 1.165) is 52.2 Å². The van der Waals surface area contributed by atoms with Gasteiger partial charge in [-0.05, 0) is 39.2 Å². The van der Waals surface area contributed by atoms with Gasteiger partial charge in [0.25, 0.3) is 0 Å². The average Bonchev–Trinajstić information content (AvgIpc) is 2.82. The van der Waals surface area contributed by atoms with Crippen LogP contribution in [0.15, 0.2) is 0 Å². The van der Waals surface area contributed by atoms with Crippen LogP contribution < -0.4 is 5.32 Å². The predicted molar refractivity (Wildman–Crippen MR) is 84.0 cm³/mol. The van der Waals surface area contributed by atoms with Crippen LogP contribution in [0.4, 0.5) is 0 Å². The summed E-state index contributed by atoms with van der Waals surface area (Å²) in [4.78, 5) is 2.49. The molecule has 4 nitrogen and oxygen atoms in total. The van der Waals surface area contributed by atoms with Crippen molar-refractivity contribution in [2.24, 2.45) is 11.3 Å². The zero-order valence-corrected chi connectivity index (χ0v) is 13.8. The van der Waals surface area contributed by atoms with Crippen LogP contribution >= 0.6 is 0 Å². The van der Waals surface area contributed by atoms with Gasteiger partial charge in [-0.15, -0.1) is 0 Å². The van der Waals surface area contributed by atoms with E-state index in [9.17, 15) is 0 Å². The highest BCUT2D eigenvalue weighted by Crippen LogP contribution is 2.30. The Bertz CT molecular complexity index is 251. The van der Waals surface area contributed by atoms with Crippen molar-refractivity contribution in [3.8, 4) is 0 Å². The van der Waals surface area contributed by atoms with E-state index >= 15 is 0 Å². The van der Waals surface area contributed by atoms with Gasteiger partial charge in [0.1, 0.15) is 0 Å². The molecule has 1 heterocycles. The lowest BCUT2D eigenvalue weighted by Crippen LogP contribution is -2.47. The third kappa shape index (κ3) is 6.08. The first-order valence-electron chi connectivity index (χ1n) is 8.12. The Kier molecular flexibility index (Phi) is 8.03. The summed E-state index contributed by atoms with van der Waals surface area (Å²) in [7, 11) is 0. The van der Waals surface area contributed by atoms with E-state index in [2.05, 4.69) is 37.9 Å². The molecule has 120 valence electrons. The second-order valence-electron chi connectivity index (χ2n) is 6.97. The van der Waals surface area contributed by atoms with Crippen LogP contribution in [-0.2, 0) is 4.74 Å². The molecule has 1 unspecified atom stereocenters.